The number of hydrogen-bond donors (Lipinski definition) is 0. The van der Waals surface area contributed by atoms with Gasteiger partial charge in [-0.15, -0.1) is 13.2 Å². The summed E-state index contributed by atoms with van der Waals surface area (Å²) in [6, 6.07) is 0. The van der Waals surface area contributed by atoms with Gasteiger partial charge in [-0.1, -0.05) is 0 Å². The van der Waals surface area contributed by atoms with Gasteiger partial charge < -0.3 is 0 Å². The van der Waals surface area contributed by atoms with Crippen LogP contribution in [0.5, 0.6) is 0 Å². The number of halogens is 13. The summed E-state index contributed by atoms with van der Waals surface area (Å²) in [5, 5.41) is 0. The molecule has 0 saturated carbocycles. The highest BCUT2D eigenvalue weighted by Gasteiger charge is 2.79. The molecule has 1 atom stereocenters. The maximum Gasteiger partial charge on any atom is 0.527 e. The van der Waals surface area contributed by atoms with E-state index in [0.717, 1.165) is 0 Å². The molecule has 0 rings (SSSR count). The van der Waals surface area contributed by atoms with Crippen LogP contribution in [0.25, 0.3) is 0 Å². The second-order valence-electron chi connectivity index (χ2n) is 3.12. The van der Waals surface area contributed by atoms with Crippen LogP contribution >= 0.6 is 0 Å². The van der Waals surface area contributed by atoms with E-state index in [9.17, 15) is 57.1 Å². The molecule has 0 amide bonds. The Morgan fingerprint density at radius 2 is 1.00 bits per heavy atom. The second kappa shape index (κ2) is 5.33. The Kier molecular flexibility index (Phi) is 5.08. The Balaban J connectivity index is 5.78. The van der Waals surface area contributed by atoms with Crippen LogP contribution < -0.4 is 0 Å². The third-order valence-corrected chi connectivity index (χ3v) is 1.51. The third kappa shape index (κ3) is 4.49. The molecule has 1 unspecified atom stereocenters. The molecular weight excluding hydrogens is 351 g/mol. The lowest BCUT2D eigenvalue weighted by molar-refractivity contribution is -0.544. The predicted octanol–water partition coefficient (Wildman–Crippen LogP) is 4.22. The summed E-state index contributed by atoms with van der Waals surface area (Å²) in [6.45, 7) is 0. The Hall–Kier alpha value is -0.990. The molecule has 21 heavy (non-hydrogen) atoms. The van der Waals surface area contributed by atoms with Gasteiger partial charge in [0.05, 0.1) is 0 Å². The first-order valence-corrected chi connectivity index (χ1v) is 4.12. The van der Waals surface area contributed by atoms with Crippen LogP contribution in [-0.2, 0) is 9.47 Å². The zero-order valence-corrected chi connectivity index (χ0v) is 8.81. The normalized spacial score (nSPS) is 18.0. The molecule has 0 heterocycles. The largest absolute Gasteiger partial charge is 0.527 e. The smallest absolute Gasteiger partial charge is 0.263 e. The van der Waals surface area contributed by atoms with Crippen LogP contribution in [0.3, 0.4) is 0 Å². The summed E-state index contributed by atoms with van der Waals surface area (Å²) in [5.74, 6) is -7.20. The number of rotatable bonds is 5. The fraction of sp³-hybridized carbons (Fsp3) is 1.00. The van der Waals surface area contributed by atoms with Crippen LogP contribution in [0.15, 0.2) is 0 Å². The summed E-state index contributed by atoms with van der Waals surface area (Å²) in [5.41, 5.74) is 0. The minimum atomic E-state index is -7.28. The highest BCUT2D eigenvalue weighted by atomic mass is 19.4. The summed E-state index contributed by atoms with van der Waals surface area (Å²) in [4.78, 5) is 0. The number of alkyl halides is 13. The molecule has 0 aromatic carbocycles. The van der Waals surface area contributed by atoms with Crippen molar-refractivity contribution in [1.82, 2.24) is 0 Å². The van der Waals surface area contributed by atoms with Crippen molar-refractivity contribution in [1.29, 1.82) is 0 Å². The van der Waals surface area contributed by atoms with Gasteiger partial charge in [-0.2, -0.15) is 35.1 Å². The van der Waals surface area contributed by atoms with E-state index >= 15 is 0 Å². The molecule has 0 N–H and O–H groups in total. The first-order chi connectivity index (χ1) is 8.86. The van der Waals surface area contributed by atoms with Crippen molar-refractivity contribution in [3.8, 4) is 0 Å². The van der Waals surface area contributed by atoms with Crippen LogP contribution in [0.4, 0.5) is 57.1 Å². The first-order valence-electron chi connectivity index (χ1n) is 4.12. The molecule has 0 aliphatic rings. The van der Waals surface area contributed by atoms with Crippen molar-refractivity contribution in [2.24, 2.45) is 0 Å². The average Bonchev–Trinajstić information content (AvgIpc) is 2.10. The Morgan fingerprint density at radius 3 is 1.24 bits per heavy atom. The lowest BCUT2D eigenvalue weighted by atomic mass is 10.2. The summed E-state index contributed by atoms with van der Waals surface area (Å²) in [7, 11) is 0. The third-order valence-electron chi connectivity index (χ3n) is 1.51. The van der Waals surface area contributed by atoms with Crippen molar-refractivity contribution in [2.75, 3.05) is 0 Å². The minimum Gasteiger partial charge on any atom is -0.263 e. The molecule has 128 valence electrons. The van der Waals surface area contributed by atoms with Crippen molar-refractivity contribution in [2.45, 2.75) is 37.0 Å². The van der Waals surface area contributed by atoms with Gasteiger partial charge in [-0.05, 0) is 0 Å². The zero-order chi connectivity index (χ0) is 17.5. The van der Waals surface area contributed by atoms with Gasteiger partial charge in [0, 0.05) is 0 Å². The molecule has 2 nitrogen and oxygen atoms in total. The molecule has 0 fully saturated rings. The molecule has 0 aliphatic carbocycles. The standard InChI is InChI=1S/C6HF13O2/c7-1(8)2(9,10)20-3(11,4(12,13)14)5(15,16)21-6(17,18)19/h1H. The van der Waals surface area contributed by atoms with Gasteiger partial charge in [0.2, 0.25) is 0 Å². The minimum absolute atomic E-state index is 1.41. The van der Waals surface area contributed by atoms with Crippen molar-refractivity contribution in [3.63, 3.8) is 0 Å². The topological polar surface area (TPSA) is 18.5 Å². The summed E-state index contributed by atoms with van der Waals surface area (Å²) in [6.07, 6.45) is -32.8. The molecule has 0 saturated heterocycles. The van der Waals surface area contributed by atoms with Crippen LogP contribution in [-0.4, -0.2) is 37.0 Å². The first kappa shape index (κ1) is 20.0. The van der Waals surface area contributed by atoms with E-state index in [-0.39, 0.29) is 0 Å². The zero-order valence-electron chi connectivity index (χ0n) is 8.81. The SMILES string of the molecule is FC(F)C(F)(F)OC(F)(C(F)(F)F)C(F)(F)OC(F)(F)F. The van der Waals surface area contributed by atoms with Crippen molar-refractivity contribution < 1.29 is 66.5 Å². The van der Waals surface area contributed by atoms with Gasteiger partial charge in [0.15, 0.2) is 0 Å². The molecule has 0 aliphatic heterocycles. The molecule has 0 spiro atoms. The number of hydrogen-bond acceptors (Lipinski definition) is 2. The molecule has 15 heteroatoms. The fourth-order valence-corrected chi connectivity index (χ4v) is 0.725. The maximum atomic E-state index is 12.9. The fourth-order valence-electron chi connectivity index (χ4n) is 0.725. The van der Waals surface area contributed by atoms with Crippen LogP contribution in [0, 0.1) is 0 Å². The van der Waals surface area contributed by atoms with Gasteiger partial charge in [0.1, 0.15) is 0 Å². The molecule has 0 bridgehead atoms. The maximum absolute atomic E-state index is 12.9. The van der Waals surface area contributed by atoms with Gasteiger partial charge in [-0.25, -0.2) is 13.5 Å². The van der Waals surface area contributed by atoms with E-state index in [0.29, 0.717) is 0 Å². The predicted molar refractivity (Wildman–Crippen MR) is 34.0 cm³/mol. The van der Waals surface area contributed by atoms with Gasteiger partial charge >= 0.3 is 37.0 Å². The van der Waals surface area contributed by atoms with Crippen LogP contribution in [0.2, 0.25) is 0 Å². The average molecular weight is 352 g/mol. The van der Waals surface area contributed by atoms with E-state index in [1.807, 2.05) is 0 Å². The Labute approximate surface area is 105 Å². The monoisotopic (exact) mass is 352 g/mol. The van der Waals surface area contributed by atoms with Crippen LogP contribution in [0.1, 0.15) is 0 Å². The Bertz CT molecular complexity index is 357. The summed E-state index contributed by atoms with van der Waals surface area (Å²) >= 11 is 0. The molecule has 0 aromatic rings. The van der Waals surface area contributed by atoms with E-state index in [1.165, 1.54) is 4.74 Å². The van der Waals surface area contributed by atoms with E-state index < -0.39 is 37.0 Å². The van der Waals surface area contributed by atoms with Crippen molar-refractivity contribution >= 4 is 0 Å². The second-order valence-corrected chi connectivity index (χ2v) is 3.12. The van der Waals surface area contributed by atoms with E-state index in [2.05, 4.69) is 0 Å². The lowest BCUT2D eigenvalue weighted by Gasteiger charge is -2.35. The highest BCUT2D eigenvalue weighted by molar-refractivity contribution is 4.88. The Morgan fingerprint density at radius 1 is 0.619 bits per heavy atom. The van der Waals surface area contributed by atoms with E-state index in [1.54, 1.807) is 4.74 Å². The summed E-state index contributed by atoms with van der Waals surface area (Å²) < 4.78 is 159. The highest BCUT2D eigenvalue weighted by Crippen LogP contribution is 2.51. The quantitative estimate of drug-likeness (QED) is 0.690. The molecule has 0 aromatic heterocycles. The van der Waals surface area contributed by atoms with Crippen molar-refractivity contribution in [3.05, 3.63) is 0 Å². The van der Waals surface area contributed by atoms with E-state index in [4.69, 9.17) is 0 Å². The molecule has 0 radical (unpaired) electrons. The number of ether oxygens (including phenoxy) is 2. The lowest BCUT2D eigenvalue weighted by Crippen LogP contribution is -2.62. The molecular formula is C6HF13O2. The van der Waals surface area contributed by atoms with Gasteiger partial charge in [0.25, 0.3) is 0 Å². The van der Waals surface area contributed by atoms with Gasteiger partial charge in [-0.3, -0.25) is 4.74 Å².